The maximum atomic E-state index is 12.3. The number of nitrogens with two attached hydrogens (primary N) is 2. The quantitative estimate of drug-likeness (QED) is 0.0781. The van der Waals surface area contributed by atoms with Crippen molar-refractivity contribution in [3.05, 3.63) is 0 Å². The van der Waals surface area contributed by atoms with Crippen LogP contribution < -0.4 is 32.7 Å². The van der Waals surface area contributed by atoms with E-state index in [1.54, 1.807) is 4.90 Å². The Kier molecular flexibility index (Phi) is 53.7. The summed E-state index contributed by atoms with van der Waals surface area (Å²) in [5.74, 6) is -0.505. The van der Waals surface area contributed by atoms with Gasteiger partial charge >= 0.3 is 0 Å². The number of rotatable bonds is 26. The van der Waals surface area contributed by atoms with Gasteiger partial charge in [-0.25, -0.2) is 0 Å². The van der Waals surface area contributed by atoms with Crippen LogP contribution in [0, 0.1) is 0 Å². The van der Waals surface area contributed by atoms with Gasteiger partial charge in [-0.15, -0.1) is 62.0 Å². The van der Waals surface area contributed by atoms with Crippen LogP contribution in [0.1, 0.15) is 78.1 Å². The van der Waals surface area contributed by atoms with Gasteiger partial charge in [-0.2, -0.15) is 0 Å². The molecule has 0 aromatic carbocycles. The first-order chi connectivity index (χ1) is 16.5. The molecule has 8 N–H and O–H groups in total. The van der Waals surface area contributed by atoms with Crippen LogP contribution in [0.3, 0.4) is 0 Å². The Labute approximate surface area is 269 Å². The molecule has 0 aromatic heterocycles. The highest BCUT2D eigenvalue weighted by Crippen LogP contribution is 2.03. The van der Waals surface area contributed by atoms with Crippen LogP contribution in [-0.2, 0) is 9.59 Å². The lowest BCUT2D eigenvalue weighted by Gasteiger charge is -2.24. The molecule has 0 rings (SSSR count). The Balaban J connectivity index is -0.000000544. The van der Waals surface area contributed by atoms with E-state index >= 15 is 0 Å². The van der Waals surface area contributed by atoms with Gasteiger partial charge in [0.25, 0.3) is 0 Å². The summed E-state index contributed by atoms with van der Waals surface area (Å²) in [7, 11) is 0. The van der Waals surface area contributed by atoms with E-state index in [0.29, 0.717) is 19.5 Å². The van der Waals surface area contributed by atoms with E-state index in [4.69, 9.17) is 11.5 Å². The Morgan fingerprint density at radius 2 is 1.00 bits per heavy atom. The third kappa shape index (κ3) is 36.2. The number of carbonyl (C=O) groups excluding carboxylic acids is 2. The van der Waals surface area contributed by atoms with E-state index in [0.717, 1.165) is 65.2 Å². The minimum Gasteiger partial charge on any atom is -0.370 e. The molecule has 0 aliphatic carbocycles. The van der Waals surface area contributed by atoms with E-state index in [-0.39, 0.29) is 74.4 Å². The number of halogens is 5. The van der Waals surface area contributed by atoms with Gasteiger partial charge in [-0.1, -0.05) is 6.92 Å². The molecule has 0 fully saturated rings. The lowest BCUT2D eigenvalue weighted by Crippen LogP contribution is -2.44. The van der Waals surface area contributed by atoms with Crippen LogP contribution >= 0.6 is 62.0 Å². The summed E-state index contributed by atoms with van der Waals surface area (Å²) >= 11 is 0. The van der Waals surface area contributed by atoms with Gasteiger partial charge in [0.1, 0.15) is 0 Å². The van der Waals surface area contributed by atoms with Crippen molar-refractivity contribution in [1.29, 1.82) is 0 Å². The van der Waals surface area contributed by atoms with E-state index < -0.39 is 11.9 Å². The fourth-order valence-corrected chi connectivity index (χ4v) is 3.68. The van der Waals surface area contributed by atoms with Gasteiger partial charge in [-0.05, 0) is 117 Å². The zero-order valence-electron chi connectivity index (χ0n) is 24.2. The lowest BCUT2D eigenvalue weighted by atomic mass is 10.1. The smallest absolute Gasteiger partial charge is 0.239 e. The van der Waals surface area contributed by atoms with Crippen molar-refractivity contribution in [3.8, 4) is 0 Å². The lowest BCUT2D eigenvalue weighted by molar-refractivity contribution is -0.132. The van der Waals surface area contributed by atoms with Crippen molar-refractivity contribution in [2.24, 2.45) is 11.5 Å². The SMILES string of the molecule is CCNCCCCNCCCCNCCCCNCCCCN(CC)C(=O)C(N)CCC(N)=O.Cl.Cl.Cl.Cl.Cl. The molecule has 2 amide bonds. The average Bonchev–Trinajstić information content (AvgIpc) is 2.83. The van der Waals surface area contributed by atoms with Gasteiger partial charge in [0.05, 0.1) is 6.04 Å². The van der Waals surface area contributed by atoms with Crippen molar-refractivity contribution in [2.75, 3.05) is 65.4 Å². The number of amides is 2. The van der Waals surface area contributed by atoms with E-state index in [2.05, 4.69) is 28.2 Å². The van der Waals surface area contributed by atoms with Crippen molar-refractivity contribution in [3.63, 3.8) is 0 Å². The summed E-state index contributed by atoms with van der Waals surface area (Å²) in [5.41, 5.74) is 11.0. The predicted molar refractivity (Wildman–Crippen MR) is 179 cm³/mol. The Hall–Kier alpha value is 0.190. The number of primary amides is 1. The maximum absolute atomic E-state index is 12.3. The molecule has 0 aliphatic rings. The molecule has 1 unspecified atom stereocenters. The normalized spacial score (nSPS) is 10.5. The molecular weight excluding hydrogens is 608 g/mol. The fraction of sp³-hybridized carbons (Fsp3) is 0.920. The number of hydrogen-bond donors (Lipinski definition) is 6. The van der Waals surface area contributed by atoms with Gasteiger partial charge in [0.2, 0.25) is 11.8 Å². The summed E-state index contributed by atoms with van der Waals surface area (Å²) in [6.45, 7) is 14.1. The second kappa shape index (κ2) is 40.3. The standard InChI is InChI=1S/C25H55N7O2.5ClH/c1-3-28-15-5-6-16-29-17-7-8-18-30-19-9-10-20-31-21-11-12-22-32(4-2)25(34)23(26)13-14-24(27)33;;;;;/h23,28-31H,3-22,26H2,1-2H3,(H2,27,33);5*1H. The maximum Gasteiger partial charge on any atom is 0.239 e. The number of carbonyl (C=O) groups is 2. The molecule has 0 bridgehead atoms. The topological polar surface area (TPSA) is 138 Å². The Morgan fingerprint density at radius 3 is 1.33 bits per heavy atom. The molecule has 0 saturated heterocycles. The summed E-state index contributed by atoms with van der Waals surface area (Å²) in [6.07, 6.45) is 9.79. The zero-order chi connectivity index (χ0) is 25.3. The van der Waals surface area contributed by atoms with E-state index in [9.17, 15) is 9.59 Å². The molecule has 1 atom stereocenters. The van der Waals surface area contributed by atoms with Crippen LogP contribution in [0.2, 0.25) is 0 Å². The summed E-state index contributed by atoms with van der Waals surface area (Å²) in [6, 6.07) is -0.640. The molecular formula is C25H60Cl5N7O2. The zero-order valence-corrected chi connectivity index (χ0v) is 28.3. The highest BCUT2D eigenvalue weighted by molar-refractivity contribution is 5.86. The monoisotopic (exact) mass is 665 g/mol. The third-order valence-electron chi connectivity index (χ3n) is 5.87. The van der Waals surface area contributed by atoms with Gasteiger partial charge in [0.15, 0.2) is 0 Å². The van der Waals surface area contributed by atoms with E-state index in [1.165, 1.54) is 38.5 Å². The largest absolute Gasteiger partial charge is 0.370 e. The molecule has 0 aromatic rings. The molecule has 0 spiro atoms. The summed E-state index contributed by atoms with van der Waals surface area (Å²) in [5, 5.41) is 13.9. The molecule has 242 valence electrons. The number of nitrogens with zero attached hydrogens (tertiary/aromatic N) is 1. The first kappa shape index (κ1) is 51.9. The first-order valence-electron chi connectivity index (χ1n) is 13.7. The van der Waals surface area contributed by atoms with Crippen LogP contribution in [0.25, 0.3) is 0 Å². The third-order valence-corrected chi connectivity index (χ3v) is 5.87. The summed E-state index contributed by atoms with van der Waals surface area (Å²) in [4.78, 5) is 25.0. The highest BCUT2D eigenvalue weighted by atomic mass is 35.5. The molecule has 0 aliphatic heterocycles. The van der Waals surface area contributed by atoms with Crippen molar-refractivity contribution >= 4 is 73.8 Å². The number of unbranched alkanes of at least 4 members (excludes halogenated alkanes) is 4. The molecule has 0 heterocycles. The molecule has 39 heavy (non-hydrogen) atoms. The number of nitrogens with one attached hydrogen (secondary N) is 4. The van der Waals surface area contributed by atoms with Gasteiger partial charge < -0.3 is 37.6 Å². The van der Waals surface area contributed by atoms with Crippen molar-refractivity contribution in [1.82, 2.24) is 26.2 Å². The first-order valence-corrected chi connectivity index (χ1v) is 13.7. The second-order valence-corrected chi connectivity index (χ2v) is 8.96. The Bertz CT molecular complexity index is 502. The average molecular weight is 668 g/mol. The van der Waals surface area contributed by atoms with Crippen LogP contribution in [0.4, 0.5) is 0 Å². The Morgan fingerprint density at radius 1 is 0.641 bits per heavy atom. The molecule has 14 heteroatoms. The minimum absolute atomic E-state index is 0. The van der Waals surface area contributed by atoms with E-state index in [1.807, 2.05) is 6.92 Å². The van der Waals surface area contributed by atoms with Crippen molar-refractivity contribution in [2.45, 2.75) is 84.1 Å². The van der Waals surface area contributed by atoms with Crippen molar-refractivity contribution < 1.29 is 9.59 Å². The summed E-state index contributed by atoms with van der Waals surface area (Å²) < 4.78 is 0. The molecule has 0 saturated carbocycles. The van der Waals surface area contributed by atoms with Gasteiger partial charge in [0, 0.05) is 19.5 Å². The fourth-order valence-electron chi connectivity index (χ4n) is 3.68. The molecule has 9 nitrogen and oxygen atoms in total. The van der Waals surface area contributed by atoms with Gasteiger partial charge in [-0.3, -0.25) is 9.59 Å². The van der Waals surface area contributed by atoms with Crippen LogP contribution in [0.5, 0.6) is 0 Å². The second-order valence-electron chi connectivity index (χ2n) is 8.96. The molecule has 0 radical (unpaired) electrons. The number of hydrogen-bond acceptors (Lipinski definition) is 7. The minimum atomic E-state index is -0.640. The van der Waals surface area contributed by atoms with Crippen LogP contribution in [-0.4, -0.2) is 88.2 Å². The highest BCUT2D eigenvalue weighted by Gasteiger charge is 2.19. The predicted octanol–water partition coefficient (Wildman–Crippen LogP) is 3.04. The number of likely N-dealkylation sites (N-methyl/N-ethyl adjacent to an activating group) is 1. The van der Waals surface area contributed by atoms with Crippen LogP contribution in [0.15, 0.2) is 0 Å².